The Hall–Kier alpha value is -1.91. The molecule has 2 bridgehead atoms. The third-order valence-corrected chi connectivity index (χ3v) is 5.01. The maximum absolute atomic E-state index is 13.6. The zero-order chi connectivity index (χ0) is 14.4. The molecule has 3 atom stereocenters. The molecule has 110 valence electrons. The predicted octanol–water partition coefficient (Wildman–Crippen LogP) is 2.48. The minimum absolute atomic E-state index is 0.0261. The van der Waals surface area contributed by atoms with Crippen LogP contribution in [0.3, 0.4) is 0 Å². The van der Waals surface area contributed by atoms with E-state index in [1.54, 1.807) is 16.8 Å². The second-order valence-corrected chi connectivity index (χ2v) is 6.32. The topological polar surface area (TPSA) is 46.9 Å². The number of hydrogen-bond donors (Lipinski definition) is 1. The monoisotopic (exact) mass is 287 g/mol. The Balaban J connectivity index is 1.47. The summed E-state index contributed by atoms with van der Waals surface area (Å²) in [6.45, 7) is 0.154. The molecule has 2 fully saturated rings. The SMILES string of the molecule is O=C(Cn1ncc2c(F)cccc21)NC1CC2CCC1C2. The average Bonchev–Trinajstić information content (AvgIpc) is 3.15. The Morgan fingerprint density at radius 1 is 1.38 bits per heavy atom. The van der Waals surface area contributed by atoms with E-state index in [4.69, 9.17) is 0 Å². The standard InChI is InChI=1S/C16H18FN3O/c17-13-2-1-3-15-12(13)8-18-20(15)9-16(21)19-14-7-10-4-5-11(14)6-10/h1-3,8,10-11,14H,4-7,9H2,(H,19,21). The van der Waals surface area contributed by atoms with E-state index in [0.717, 1.165) is 12.3 Å². The highest BCUT2D eigenvalue weighted by Crippen LogP contribution is 2.44. The highest BCUT2D eigenvalue weighted by atomic mass is 19.1. The summed E-state index contributed by atoms with van der Waals surface area (Å²) < 4.78 is 15.2. The molecular formula is C16H18FN3O. The molecule has 2 aromatic rings. The average molecular weight is 287 g/mol. The maximum Gasteiger partial charge on any atom is 0.241 e. The van der Waals surface area contributed by atoms with Crippen LogP contribution in [-0.4, -0.2) is 21.7 Å². The Morgan fingerprint density at radius 2 is 2.29 bits per heavy atom. The molecule has 4 nitrogen and oxygen atoms in total. The third kappa shape index (κ3) is 2.20. The highest BCUT2D eigenvalue weighted by Gasteiger charge is 2.40. The smallest absolute Gasteiger partial charge is 0.241 e. The zero-order valence-electron chi connectivity index (χ0n) is 11.8. The van der Waals surface area contributed by atoms with E-state index < -0.39 is 0 Å². The first kappa shape index (κ1) is 12.8. The van der Waals surface area contributed by atoms with Crippen molar-refractivity contribution in [2.75, 3.05) is 0 Å². The molecule has 0 spiro atoms. The fourth-order valence-corrected chi connectivity index (χ4v) is 4.00. The molecule has 4 rings (SSSR count). The van der Waals surface area contributed by atoms with E-state index in [1.165, 1.54) is 31.5 Å². The normalized spacial score (nSPS) is 27.4. The van der Waals surface area contributed by atoms with Crippen molar-refractivity contribution >= 4 is 16.8 Å². The Kier molecular flexibility index (Phi) is 2.94. The van der Waals surface area contributed by atoms with Crippen LogP contribution < -0.4 is 5.32 Å². The lowest BCUT2D eigenvalue weighted by Crippen LogP contribution is -2.40. The van der Waals surface area contributed by atoms with Crippen LogP contribution in [0.15, 0.2) is 24.4 Å². The molecule has 21 heavy (non-hydrogen) atoms. The Morgan fingerprint density at radius 3 is 3.05 bits per heavy atom. The van der Waals surface area contributed by atoms with Crippen LogP contribution in [0, 0.1) is 17.7 Å². The van der Waals surface area contributed by atoms with Gasteiger partial charge in [0.1, 0.15) is 12.4 Å². The lowest BCUT2D eigenvalue weighted by atomic mass is 9.95. The van der Waals surface area contributed by atoms with Crippen molar-refractivity contribution in [3.05, 3.63) is 30.2 Å². The van der Waals surface area contributed by atoms with Crippen molar-refractivity contribution in [2.45, 2.75) is 38.3 Å². The van der Waals surface area contributed by atoms with Crippen molar-refractivity contribution in [3.63, 3.8) is 0 Å². The van der Waals surface area contributed by atoms with Crippen molar-refractivity contribution in [3.8, 4) is 0 Å². The van der Waals surface area contributed by atoms with Crippen molar-refractivity contribution in [1.29, 1.82) is 0 Å². The first-order valence-corrected chi connectivity index (χ1v) is 7.60. The minimum atomic E-state index is -0.299. The third-order valence-electron chi connectivity index (χ3n) is 5.01. The molecule has 1 N–H and O–H groups in total. The molecule has 2 saturated carbocycles. The van der Waals surface area contributed by atoms with E-state index >= 15 is 0 Å². The largest absolute Gasteiger partial charge is 0.351 e. The molecular weight excluding hydrogens is 269 g/mol. The number of carbonyl (C=O) groups is 1. The lowest BCUT2D eigenvalue weighted by Gasteiger charge is -2.22. The lowest BCUT2D eigenvalue weighted by molar-refractivity contribution is -0.122. The van der Waals surface area contributed by atoms with Crippen LogP contribution in [0.5, 0.6) is 0 Å². The van der Waals surface area contributed by atoms with Gasteiger partial charge >= 0.3 is 0 Å². The van der Waals surface area contributed by atoms with Crippen molar-refractivity contribution < 1.29 is 9.18 Å². The number of fused-ring (bicyclic) bond motifs is 3. The second kappa shape index (κ2) is 4.83. The number of amides is 1. The summed E-state index contributed by atoms with van der Waals surface area (Å²) in [6, 6.07) is 5.17. The van der Waals surface area contributed by atoms with Gasteiger partial charge in [-0.05, 0) is 43.2 Å². The van der Waals surface area contributed by atoms with Gasteiger partial charge in [0, 0.05) is 6.04 Å². The highest BCUT2D eigenvalue weighted by molar-refractivity contribution is 5.82. The second-order valence-electron chi connectivity index (χ2n) is 6.32. The number of halogens is 1. The number of nitrogens with zero attached hydrogens (tertiary/aromatic N) is 2. The molecule has 3 unspecified atom stereocenters. The van der Waals surface area contributed by atoms with Gasteiger partial charge in [-0.1, -0.05) is 12.5 Å². The van der Waals surface area contributed by atoms with Gasteiger partial charge in [-0.25, -0.2) is 4.39 Å². The summed E-state index contributed by atoms with van der Waals surface area (Å²) in [5, 5.41) is 7.73. The maximum atomic E-state index is 13.6. The summed E-state index contributed by atoms with van der Waals surface area (Å²) in [4.78, 5) is 12.2. The summed E-state index contributed by atoms with van der Waals surface area (Å²) in [7, 11) is 0. The van der Waals surface area contributed by atoms with Crippen LogP contribution in [0.4, 0.5) is 4.39 Å². The van der Waals surface area contributed by atoms with Crippen LogP contribution in [0.1, 0.15) is 25.7 Å². The number of rotatable bonds is 3. The molecule has 5 heteroatoms. The van der Waals surface area contributed by atoms with Crippen molar-refractivity contribution in [2.24, 2.45) is 11.8 Å². The van der Waals surface area contributed by atoms with E-state index in [-0.39, 0.29) is 18.3 Å². The fraction of sp³-hybridized carbons (Fsp3) is 0.500. The quantitative estimate of drug-likeness (QED) is 0.942. The van der Waals surface area contributed by atoms with Gasteiger partial charge in [0.2, 0.25) is 5.91 Å². The molecule has 0 radical (unpaired) electrons. The van der Waals surface area contributed by atoms with E-state index in [9.17, 15) is 9.18 Å². The summed E-state index contributed by atoms with van der Waals surface area (Å²) >= 11 is 0. The van der Waals surface area contributed by atoms with Gasteiger partial charge in [-0.2, -0.15) is 5.10 Å². The number of carbonyl (C=O) groups excluding carboxylic acids is 1. The zero-order valence-corrected chi connectivity index (χ0v) is 11.8. The molecule has 1 aromatic heterocycles. The summed E-state index contributed by atoms with van der Waals surface area (Å²) in [5.41, 5.74) is 0.665. The summed E-state index contributed by atoms with van der Waals surface area (Å²) in [5.74, 6) is 1.14. The number of hydrogen-bond acceptors (Lipinski definition) is 2. The van der Waals surface area contributed by atoms with Crippen LogP contribution >= 0.6 is 0 Å². The van der Waals surface area contributed by atoms with Crippen LogP contribution in [0.25, 0.3) is 10.9 Å². The molecule has 0 saturated heterocycles. The first-order chi connectivity index (χ1) is 10.2. The number of benzene rings is 1. The first-order valence-electron chi connectivity index (χ1n) is 7.60. The minimum Gasteiger partial charge on any atom is -0.351 e. The van der Waals surface area contributed by atoms with E-state index in [1.807, 2.05) is 0 Å². The van der Waals surface area contributed by atoms with Gasteiger partial charge in [0.15, 0.2) is 0 Å². The molecule has 2 aliphatic rings. The number of aromatic nitrogens is 2. The van der Waals surface area contributed by atoms with Gasteiger partial charge in [-0.3, -0.25) is 9.48 Å². The van der Waals surface area contributed by atoms with Gasteiger partial charge in [0.25, 0.3) is 0 Å². The van der Waals surface area contributed by atoms with Crippen molar-refractivity contribution in [1.82, 2.24) is 15.1 Å². The Labute approximate surface area is 122 Å². The van der Waals surface area contributed by atoms with Crippen LogP contribution in [-0.2, 0) is 11.3 Å². The van der Waals surface area contributed by atoms with E-state index in [2.05, 4.69) is 10.4 Å². The Bertz CT molecular complexity index is 696. The number of nitrogens with one attached hydrogen (secondary N) is 1. The molecule has 0 aliphatic heterocycles. The molecule has 1 aromatic carbocycles. The van der Waals surface area contributed by atoms with Gasteiger partial charge in [0.05, 0.1) is 17.1 Å². The molecule has 1 heterocycles. The summed E-state index contributed by atoms with van der Waals surface area (Å²) in [6.07, 6.45) is 6.42. The van der Waals surface area contributed by atoms with Gasteiger partial charge < -0.3 is 5.32 Å². The fourth-order valence-electron chi connectivity index (χ4n) is 4.00. The van der Waals surface area contributed by atoms with Crippen LogP contribution in [0.2, 0.25) is 0 Å². The predicted molar refractivity (Wildman–Crippen MR) is 77.1 cm³/mol. The van der Waals surface area contributed by atoms with Gasteiger partial charge in [-0.15, -0.1) is 0 Å². The molecule has 2 aliphatic carbocycles. The van der Waals surface area contributed by atoms with E-state index in [0.29, 0.717) is 22.9 Å². The molecule has 1 amide bonds.